The van der Waals surface area contributed by atoms with Crippen molar-refractivity contribution in [3.8, 4) is 11.5 Å². The van der Waals surface area contributed by atoms with Gasteiger partial charge in [-0.25, -0.2) is 0 Å². The van der Waals surface area contributed by atoms with Crippen molar-refractivity contribution in [2.24, 2.45) is 0 Å². The molecular weight excluding hydrogens is 250 g/mol. The molecule has 0 fully saturated rings. The number of carbonyl (C=O) groups excluding carboxylic acids is 1. The van der Waals surface area contributed by atoms with E-state index in [2.05, 4.69) is 5.32 Å². The molecule has 2 N–H and O–H groups in total. The minimum Gasteiger partial charge on any atom is -0.496 e. The molecule has 0 atom stereocenters. The number of aliphatic carboxylic acids is 1. The van der Waals surface area contributed by atoms with E-state index in [0.717, 1.165) is 11.1 Å². The van der Waals surface area contributed by atoms with Gasteiger partial charge in [-0.05, 0) is 24.6 Å². The Morgan fingerprint density at radius 2 is 1.84 bits per heavy atom. The van der Waals surface area contributed by atoms with Gasteiger partial charge < -0.3 is 19.9 Å². The van der Waals surface area contributed by atoms with Crippen molar-refractivity contribution in [3.05, 3.63) is 23.3 Å². The Bertz CT molecular complexity index is 484. The first-order valence-corrected chi connectivity index (χ1v) is 5.68. The number of carbonyl (C=O) groups is 2. The average molecular weight is 267 g/mol. The van der Waals surface area contributed by atoms with Crippen LogP contribution < -0.4 is 14.8 Å². The maximum absolute atomic E-state index is 11.3. The quantitative estimate of drug-likeness (QED) is 0.754. The fourth-order valence-corrected chi connectivity index (χ4v) is 1.65. The molecule has 1 rings (SSSR count). The Balaban J connectivity index is 2.82. The third kappa shape index (κ3) is 4.17. The normalized spacial score (nSPS) is 9.84. The number of hydrogen-bond acceptors (Lipinski definition) is 4. The molecule has 0 saturated carbocycles. The molecule has 19 heavy (non-hydrogen) atoms. The van der Waals surface area contributed by atoms with E-state index in [1.165, 1.54) is 7.11 Å². The lowest BCUT2D eigenvalue weighted by Gasteiger charge is -2.13. The van der Waals surface area contributed by atoms with Gasteiger partial charge in [0.1, 0.15) is 17.9 Å². The summed E-state index contributed by atoms with van der Waals surface area (Å²) < 4.78 is 10.4. The van der Waals surface area contributed by atoms with Crippen molar-refractivity contribution in [2.75, 3.05) is 14.2 Å². The van der Waals surface area contributed by atoms with E-state index in [1.54, 1.807) is 19.2 Å². The smallest absolute Gasteiger partial charge is 0.312 e. The summed E-state index contributed by atoms with van der Waals surface area (Å²) in [6, 6.07) is 3.56. The molecule has 0 bridgehead atoms. The van der Waals surface area contributed by atoms with Crippen molar-refractivity contribution in [1.29, 1.82) is 0 Å². The Labute approximate surface area is 111 Å². The van der Waals surface area contributed by atoms with Crippen LogP contribution in [0.5, 0.6) is 11.5 Å². The third-order valence-electron chi connectivity index (χ3n) is 2.59. The highest BCUT2D eigenvalue weighted by molar-refractivity contribution is 5.93. The number of methoxy groups -OCH3 is 2. The number of ether oxygens (including phenoxy) is 2. The lowest BCUT2D eigenvalue weighted by atomic mass is 10.1. The Morgan fingerprint density at radius 3 is 2.37 bits per heavy atom. The highest BCUT2D eigenvalue weighted by Gasteiger charge is 2.11. The highest BCUT2D eigenvalue weighted by atomic mass is 16.5. The minimum atomic E-state index is -1.16. The molecule has 0 radical (unpaired) electrons. The van der Waals surface area contributed by atoms with Crippen LogP contribution in [0.15, 0.2) is 12.1 Å². The summed E-state index contributed by atoms with van der Waals surface area (Å²) in [6.07, 6.45) is -0.550. The van der Waals surface area contributed by atoms with Gasteiger partial charge in [0.15, 0.2) is 0 Å². The summed E-state index contributed by atoms with van der Waals surface area (Å²) in [4.78, 5) is 21.7. The molecule has 0 aliphatic carbocycles. The lowest BCUT2D eigenvalue weighted by molar-refractivity contribution is -0.140. The molecule has 6 nitrogen and oxygen atoms in total. The van der Waals surface area contributed by atoms with Crippen LogP contribution in [-0.4, -0.2) is 31.2 Å². The summed E-state index contributed by atoms with van der Waals surface area (Å²) in [7, 11) is 3.09. The second kappa shape index (κ2) is 6.63. The molecule has 1 amide bonds. The van der Waals surface area contributed by atoms with Crippen LogP contribution in [0.1, 0.15) is 17.5 Å². The predicted molar refractivity (Wildman–Crippen MR) is 68.4 cm³/mol. The van der Waals surface area contributed by atoms with E-state index in [4.69, 9.17) is 14.6 Å². The Morgan fingerprint density at radius 1 is 1.21 bits per heavy atom. The monoisotopic (exact) mass is 267 g/mol. The number of carboxylic acids is 1. The first-order valence-electron chi connectivity index (χ1n) is 5.68. The zero-order chi connectivity index (χ0) is 14.4. The molecule has 1 aromatic rings. The molecule has 0 aromatic heterocycles. The SMILES string of the molecule is COc1cc(CNC(=O)CC(=O)O)c(OC)cc1C. The van der Waals surface area contributed by atoms with Crippen LogP contribution in [-0.2, 0) is 16.1 Å². The number of nitrogens with one attached hydrogen (secondary N) is 1. The zero-order valence-electron chi connectivity index (χ0n) is 11.1. The average Bonchev–Trinajstić information content (AvgIpc) is 2.35. The molecule has 0 unspecified atom stereocenters. The maximum atomic E-state index is 11.3. The number of aryl methyl sites for hydroxylation is 1. The van der Waals surface area contributed by atoms with Gasteiger partial charge in [0.2, 0.25) is 5.91 Å². The van der Waals surface area contributed by atoms with Gasteiger partial charge in [0, 0.05) is 12.1 Å². The molecule has 6 heteroatoms. The van der Waals surface area contributed by atoms with Crippen LogP contribution >= 0.6 is 0 Å². The van der Waals surface area contributed by atoms with Gasteiger partial charge in [0.05, 0.1) is 14.2 Å². The fraction of sp³-hybridized carbons (Fsp3) is 0.385. The first-order chi connectivity index (χ1) is 8.97. The Kier molecular flexibility index (Phi) is 5.17. The number of amides is 1. The zero-order valence-corrected chi connectivity index (χ0v) is 11.1. The van der Waals surface area contributed by atoms with E-state index in [0.29, 0.717) is 11.5 Å². The van der Waals surface area contributed by atoms with Crippen molar-refractivity contribution in [3.63, 3.8) is 0 Å². The van der Waals surface area contributed by atoms with Crippen molar-refractivity contribution < 1.29 is 24.2 Å². The van der Waals surface area contributed by atoms with Gasteiger partial charge in [-0.15, -0.1) is 0 Å². The van der Waals surface area contributed by atoms with Crippen LogP contribution in [0.4, 0.5) is 0 Å². The molecule has 104 valence electrons. The summed E-state index contributed by atoms with van der Waals surface area (Å²) in [5, 5.41) is 11.0. The van der Waals surface area contributed by atoms with Crippen molar-refractivity contribution in [1.82, 2.24) is 5.32 Å². The van der Waals surface area contributed by atoms with Gasteiger partial charge in [-0.2, -0.15) is 0 Å². The van der Waals surface area contributed by atoms with Crippen molar-refractivity contribution >= 4 is 11.9 Å². The van der Waals surface area contributed by atoms with E-state index in [9.17, 15) is 9.59 Å². The van der Waals surface area contributed by atoms with E-state index >= 15 is 0 Å². The van der Waals surface area contributed by atoms with Crippen LogP contribution in [0, 0.1) is 6.92 Å². The molecule has 0 spiro atoms. The first kappa shape index (κ1) is 14.8. The Hall–Kier alpha value is -2.24. The molecule has 1 aromatic carbocycles. The van der Waals surface area contributed by atoms with E-state index < -0.39 is 18.3 Å². The summed E-state index contributed by atoms with van der Waals surface area (Å²) in [5.74, 6) is -0.405. The molecule has 0 aliphatic rings. The van der Waals surface area contributed by atoms with Gasteiger partial charge in [-0.3, -0.25) is 9.59 Å². The van der Waals surface area contributed by atoms with Gasteiger partial charge in [-0.1, -0.05) is 0 Å². The second-order valence-electron chi connectivity index (χ2n) is 3.98. The summed E-state index contributed by atoms with van der Waals surface area (Å²) in [6.45, 7) is 2.07. The summed E-state index contributed by atoms with van der Waals surface area (Å²) in [5.41, 5.74) is 1.64. The molecular formula is C13H17NO5. The highest BCUT2D eigenvalue weighted by Crippen LogP contribution is 2.28. The summed E-state index contributed by atoms with van der Waals surface area (Å²) >= 11 is 0. The largest absolute Gasteiger partial charge is 0.496 e. The van der Waals surface area contributed by atoms with Crippen LogP contribution in [0.3, 0.4) is 0 Å². The standard InChI is InChI=1S/C13H17NO5/c1-8-4-11(19-3)9(5-10(8)18-2)7-14-12(15)6-13(16)17/h4-5H,6-7H2,1-3H3,(H,14,15)(H,16,17). The number of hydrogen-bond donors (Lipinski definition) is 2. The number of carboxylic acid groups (broad SMARTS) is 1. The lowest BCUT2D eigenvalue weighted by Crippen LogP contribution is -2.25. The molecule has 0 heterocycles. The topological polar surface area (TPSA) is 84.9 Å². The third-order valence-corrected chi connectivity index (χ3v) is 2.59. The number of benzene rings is 1. The minimum absolute atomic E-state index is 0.186. The van der Waals surface area contributed by atoms with Crippen LogP contribution in [0.2, 0.25) is 0 Å². The van der Waals surface area contributed by atoms with Gasteiger partial charge >= 0.3 is 5.97 Å². The van der Waals surface area contributed by atoms with E-state index in [1.807, 2.05) is 6.92 Å². The van der Waals surface area contributed by atoms with E-state index in [-0.39, 0.29) is 6.54 Å². The van der Waals surface area contributed by atoms with Crippen molar-refractivity contribution in [2.45, 2.75) is 19.9 Å². The fourth-order valence-electron chi connectivity index (χ4n) is 1.65. The van der Waals surface area contributed by atoms with Crippen LogP contribution in [0.25, 0.3) is 0 Å². The van der Waals surface area contributed by atoms with Gasteiger partial charge in [0.25, 0.3) is 0 Å². The molecule has 0 aliphatic heterocycles. The predicted octanol–water partition coefficient (Wildman–Crippen LogP) is 1.10. The molecule has 0 saturated heterocycles. The maximum Gasteiger partial charge on any atom is 0.312 e. The second-order valence-corrected chi connectivity index (χ2v) is 3.98. The number of rotatable bonds is 6.